The Bertz CT molecular complexity index is 1160. The predicted octanol–water partition coefficient (Wildman–Crippen LogP) is 4.08. The Morgan fingerprint density at radius 1 is 1.26 bits per heavy atom. The number of ether oxygens (including phenoxy) is 2. The summed E-state index contributed by atoms with van der Waals surface area (Å²) >= 11 is 13.7. The molecule has 38 heavy (non-hydrogen) atoms. The standard InChI is InChI=1S/C24H27Br4N3O7/c1-31(2)17(23(34)35)9-12-7-13(25)19(14(26)8-12)37-6-4-5-29-22(33)16-11-24(38-30-16)10-15(27)20(36-3)18(28)21(24)32/h7-8,10,17,21,32H,4-6,9,11H2,1-3H3,(H,29,33)(H,34,35)/t17-,21-,24+/m1/s1. The number of allylic oxidation sites excluding steroid dienone is 1. The van der Waals surface area contributed by atoms with E-state index in [1.165, 1.54) is 7.11 Å². The first-order valence-corrected chi connectivity index (χ1v) is 14.6. The van der Waals surface area contributed by atoms with Gasteiger partial charge in [-0.25, -0.2) is 0 Å². The van der Waals surface area contributed by atoms with Crippen molar-refractivity contribution in [2.75, 3.05) is 34.4 Å². The van der Waals surface area contributed by atoms with Crippen LogP contribution in [0.1, 0.15) is 18.4 Å². The summed E-state index contributed by atoms with van der Waals surface area (Å²) in [5.41, 5.74) is -0.203. The number of hydrogen-bond acceptors (Lipinski definition) is 8. The molecule has 0 saturated heterocycles. The fourth-order valence-corrected chi connectivity index (χ4v) is 7.25. The number of benzene rings is 1. The number of aliphatic carboxylic acids is 1. The van der Waals surface area contributed by atoms with Crippen molar-refractivity contribution >= 4 is 81.3 Å². The molecule has 1 heterocycles. The molecule has 3 atom stereocenters. The molecule has 1 aromatic rings. The van der Waals surface area contributed by atoms with Crippen molar-refractivity contribution in [2.24, 2.45) is 5.16 Å². The third-order valence-corrected chi connectivity index (χ3v) is 8.55. The molecule has 0 fully saturated rings. The molecule has 0 radical (unpaired) electrons. The summed E-state index contributed by atoms with van der Waals surface area (Å²) in [6.07, 6.45) is 1.49. The van der Waals surface area contributed by atoms with Crippen LogP contribution in [0.5, 0.6) is 5.75 Å². The van der Waals surface area contributed by atoms with Crippen molar-refractivity contribution in [1.29, 1.82) is 0 Å². The molecule has 0 bridgehead atoms. The molecular weight excluding hydrogens is 762 g/mol. The zero-order valence-corrected chi connectivity index (χ0v) is 27.1. The summed E-state index contributed by atoms with van der Waals surface area (Å²) in [5, 5.41) is 26.9. The minimum Gasteiger partial charge on any atom is -0.495 e. The topological polar surface area (TPSA) is 130 Å². The fraction of sp³-hybridized carbons (Fsp3) is 0.458. The van der Waals surface area contributed by atoms with Gasteiger partial charge in [0.05, 0.1) is 31.6 Å². The van der Waals surface area contributed by atoms with Crippen molar-refractivity contribution < 1.29 is 34.1 Å². The average Bonchev–Trinajstić information content (AvgIpc) is 3.27. The molecule has 3 rings (SSSR count). The SMILES string of the molecule is COC1=C(Br)[C@@H](O)[C@]2(C=C1Br)CC(C(=O)NCCCOc1c(Br)cc(C[C@H](C(=O)O)N(C)C)cc1Br)=NO2. The summed E-state index contributed by atoms with van der Waals surface area (Å²) in [4.78, 5) is 31.3. The molecule has 208 valence electrons. The van der Waals surface area contributed by atoms with Crippen LogP contribution < -0.4 is 10.1 Å². The second-order valence-corrected chi connectivity index (χ2v) is 12.3. The van der Waals surface area contributed by atoms with Crippen LogP contribution in [-0.2, 0) is 25.6 Å². The number of carboxylic acid groups (broad SMARTS) is 1. The van der Waals surface area contributed by atoms with Crippen LogP contribution in [-0.4, -0.2) is 84.8 Å². The Morgan fingerprint density at radius 3 is 2.50 bits per heavy atom. The number of likely N-dealkylation sites (N-methyl/N-ethyl adjacent to an activating group) is 1. The molecule has 10 nitrogen and oxygen atoms in total. The second-order valence-electron chi connectivity index (χ2n) is 8.91. The quantitative estimate of drug-likeness (QED) is 0.287. The lowest BCUT2D eigenvalue weighted by molar-refractivity contribution is -0.142. The Balaban J connectivity index is 1.49. The van der Waals surface area contributed by atoms with Crippen LogP contribution in [0.4, 0.5) is 0 Å². The van der Waals surface area contributed by atoms with Crippen LogP contribution in [0.15, 0.2) is 47.0 Å². The number of oxime groups is 1. The number of aliphatic hydroxyl groups excluding tert-OH is 1. The molecule has 2 aliphatic rings. The summed E-state index contributed by atoms with van der Waals surface area (Å²) < 4.78 is 13.5. The van der Waals surface area contributed by atoms with Gasteiger partial charge in [0.15, 0.2) is 5.60 Å². The van der Waals surface area contributed by atoms with E-state index in [2.05, 4.69) is 74.2 Å². The maximum Gasteiger partial charge on any atom is 0.321 e. The first kappa shape index (κ1) is 31.1. The van der Waals surface area contributed by atoms with E-state index in [1.54, 1.807) is 25.1 Å². The number of rotatable bonds is 11. The zero-order valence-electron chi connectivity index (χ0n) is 20.8. The number of hydrogen-bond donors (Lipinski definition) is 3. The van der Waals surface area contributed by atoms with Gasteiger partial charge in [-0.2, -0.15) is 0 Å². The summed E-state index contributed by atoms with van der Waals surface area (Å²) in [5.74, 6) is -0.253. The molecule has 0 aromatic heterocycles. The minimum atomic E-state index is -1.21. The van der Waals surface area contributed by atoms with E-state index >= 15 is 0 Å². The van der Waals surface area contributed by atoms with E-state index in [0.29, 0.717) is 55.4 Å². The van der Waals surface area contributed by atoms with Gasteiger partial charge in [-0.05, 0) is 114 Å². The maximum absolute atomic E-state index is 12.6. The van der Waals surface area contributed by atoms with Gasteiger partial charge in [0.25, 0.3) is 5.91 Å². The highest BCUT2D eigenvalue weighted by atomic mass is 79.9. The third-order valence-electron chi connectivity index (χ3n) is 5.99. The summed E-state index contributed by atoms with van der Waals surface area (Å²) in [6.45, 7) is 0.659. The normalized spacial score (nSPS) is 21.7. The Kier molecular flexibility index (Phi) is 10.9. The van der Waals surface area contributed by atoms with Crippen molar-refractivity contribution in [2.45, 2.75) is 37.0 Å². The molecular formula is C24H27Br4N3O7. The molecule has 1 aliphatic heterocycles. The lowest BCUT2D eigenvalue weighted by Gasteiger charge is -2.33. The number of amides is 1. The highest BCUT2D eigenvalue weighted by Crippen LogP contribution is 2.44. The number of carbonyl (C=O) groups excluding carboxylic acids is 1. The van der Waals surface area contributed by atoms with E-state index in [-0.39, 0.29) is 12.1 Å². The van der Waals surface area contributed by atoms with Crippen LogP contribution in [0.25, 0.3) is 0 Å². The van der Waals surface area contributed by atoms with E-state index in [4.69, 9.17) is 14.3 Å². The monoisotopic (exact) mass is 785 g/mol. The average molecular weight is 789 g/mol. The molecule has 1 amide bonds. The number of carbonyl (C=O) groups is 2. The van der Waals surface area contributed by atoms with Crippen LogP contribution in [0.2, 0.25) is 0 Å². The molecule has 1 aliphatic carbocycles. The van der Waals surface area contributed by atoms with Gasteiger partial charge in [0.1, 0.15) is 29.4 Å². The van der Waals surface area contributed by atoms with Gasteiger partial charge >= 0.3 is 5.97 Å². The second kappa shape index (κ2) is 13.3. The van der Waals surface area contributed by atoms with Crippen molar-refractivity contribution in [3.8, 4) is 5.75 Å². The molecule has 0 saturated carbocycles. The van der Waals surface area contributed by atoms with Gasteiger partial charge in [-0.1, -0.05) is 5.16 Å². The molecule has 1 aromatic carbocycles. The fourth-order valence-electron chi connectivity index (χ4n) is 3.95. The summed E-state index contributed by atoms with van der Waals surface area (Å²) in [6, 6.07) is 3.03. The Morgan fingerprint density at radius 2 is 1.92 bits per heavy atom. The molecule has 14 heteroatoms. The predicted molar refractivity (Wildman–Crippen MR) is 156 cm³/mol. The number of nitrogens with zero attached hydrogens (tertiary/aromatic N) is 2. The Labute approximate surface area is 253 Å². The molecule has 3 N–H and O–H groups in total. The molecule has 1 spiro atoms. The number of halogens is 4. The third kappa shape index (κ3) is 7.00. The van der Waals surface area contributed by atoms with Crippen molar-refractivity contribution in [3.63, 3.8) is 0 Å². The van der Waals surface area contributed by atoms with E-state index < -0.39 is 29.6 Å². The smallest absolute Gasteiger partial charge is 0.321 e. The number of methoxy groups -OCH3 is 1. The Hall–Kier alpha value is -1.45. The van der Waals surface area contributed by atoms with Crippen LogP contribution in [0, 0.1) is 0 Å². The van der Waals surface area contributed by atoms with Crippen molar-refractivity contribution in [1.82, 2.24) is 10.2 Å². The first-order chi connectivity index (χ1) is 17.9. The zero-order chi connectivity index (χ0) is 28.2. The lowest BCUT2D eigenvalue weighted by atomic mass is 9.87. The number of aliphatic hydroxyl groups is 1. The first-order valence-electron chi connectivity index (χ1n) is 11.4. The van der Waals surface area contributed by atoms with Gasteiger partial charge in [-0.3, -0.25) is 14.5 Å². The minimum absolute atomic E-state index is 0.0838. The highest BCUT2D eigenvalue weighted by Gasteiger charge is 2.50. The summed E-state index contributed by atoms with van der Waals surface area (Å²) in [7, 11) is 4.94. The molecule has 0 unspecified atom stereocenters. The van der Waals surface area contributed by atoms with E-state index in [9.17, 15) is 19.8 Å². The van der Waals surface area contributed by atoms with Crippen LogP contribution in [0.3, 0.4) is 0 Å². The van der Waals surface area contributed by atoms with Gasteiger partial charge < -0.3 is 29.8 Å². The number of carboxylic acids is 1. The van der Waals surface area contributed by atoms with E-state index in [0.717, 1.165) is 5.56 Å². The van der Waals surface area contributed by atoms with E-state index in [1.807, 2.05) is 12.1 Å². The van der Waals surface area contributed by atoms with Crippen LogP contribution >= 0.6 is 63.7 Å². The lowest BCUT2D eigenvalue weighted by Crippen LogP contribution is -2.45. The van der Waals surface area contributed by atoms with Gasteiger partial charge in [0, 0.05) is 13.0 Å². The maximum atomic E-state index is 12.6. The van der Waals surface area contributed by atoms with Gasteiger partial charge in [-0.15, -0.1) is 0 Å². The largest absolute Gasteiger partial charge is 0.495 e. The highest BCUT2D eigenvalue weighted by molar-refractivity contribution is 9.12. The van der Waals surface area contributed by atoms with Crippen molar-refractivity contribution in [3.05, 3.63) is 47.4 Å². The van der Waals surface area contributed by atoms with Gasteiger partial charge in [0.2, 0.25) is 0 Å². The number of nitrogens with one attached hydrogen (secondary N) is 1.